The highest BCUT2D eigenvalue weighted by atomic mass is 32.1. The smallest absolute Gasteiger partial charge is 0.0216 e. The van der Waals surface area contributed by atoms with Crippen molar-refractivity contribution < 1.29 is 0 Å². The van der Waals surface area contributed by atoms with E-state index in [1.165, 1.54) is 18.5 Å². The fraction of sp³-hybridized carbons (Fsp3) is 0.556. The van der Waals surface area contributed by atoms with Gasteiger partial charge in [0.2, 0.25) is 0 Å². The summed E-state index contributed by atoms with van der Waals surface area (Å²) in [4.78, 5) is 1.62. The maximum Gasteiger partial charge on any atom is 0.0216 e. The van der Waals surface area contributed by atoms with Gasteiger partial charge in [0, 0.05) is 23.9 Å². The quantitative estimate of drug-likeness (QED) is 0.677. The molecule has 60 valence electrons. The molecule has 1 aromatic rings. The normalized spacial score (nSPS) is 23.2. The van der Waals surface area contributed by atoms with E-state index in [-0.39, 0.29) is 0 Å². The van der Waals surface area contributed by atoms with Gasteiger partial charge >= 0.3 is 0 Å². The zero-order valence-electron chi connectivity index (χ0n) is 6.76. The van der Waals surface area contributed by atoms with Crippen molar-refractivity contribution >= 4 is 11.3 Å². The Labute approximate surface area is 71.4 Å². The van der Waals surface area contributed by atoms with Crippen molar-refractivity contribution in [3.63, 3.8) is 0 Å². The minimum absolute atomic E-state index is 0.777. The van der Waals surface area contributed by atoms with Gasteiger partial charge in [-0.2, -0.15) is 0 Å². The second-order valence-corrected chi connectivity index (χ2v) is 3.99. The van der Waals surface area contributed by atoms with Gasteiger partial charge in [0.15, 0.2) is 0 Å². The summed E-state index contributed by atoms with van der Waals surface area (Å²) < 4.78 is 0. The molecule has 0 radical (unpaired) electrons. The van der Waals surface area contributed by atoms with Crippen LogP contribution in [0.25, 0.3) is 0 Å². The first kappa shape index (κ1) is 7.32. The summed E-state index contributed by atoms with van der Waals surface area (Å²) in [7, 11) is 0. The molecule has 0 fully saturated rings. The molecular weight excluding hydrogens is 154 g/mol. The molecule has 1 atom stereocenters. The van der Waals surface area contributed by atoms with E-state index in [1.54, 1.807) is 4.88 Å². The van der Waals surface area contributed by atoms with E-state index in [9.17, 15) is 0 Å². The number of thiophene rings is 1. The largest absolute Gasteiger partial charge is 0.312 e. The third-order valence-corrected chi connectivity index (χ3v) is 3.47. The van der Waals surface area contributed by atoms with Crippen molar-refractivity contribution in [2.45, 2.75) is 25.8 Å². The van der Waals surface area contributed by atoms with Crippen LogP contribution in [0.1, 0.15) is 29.7 Å². The van der Waals surface area contributed by atoms with E-state index >= 15 is 0 Å². The molecule has 1 aliphatic rings. The molecule has 1 unspecified atom stereocenters. The summed E-state index contributed by atoms with van der Waals surface area (Å²) in [6.45, 7) is 4.51. The van der Waals surface area contributed by atoms with Gasteiger partial charge in [-0.15, -0.1) is 11.3 Å². The van der Waals surface area contributed by atoms with Gasteiger partial charge < -0.3 is 5.32 Å². The average Bonchev–Trinajstić information content (AvgIpc) is 2.50. The highest BCUT2D eigenvalue weighted by molar-refractivity contribution is 7.10. The Balaban J connectivity index is 2.32. The summed E-state index contributed by atoms with van der Waals surface area (Å²) in [5.74, 6) is 0.777. The van der Waals surface area contributed by atoms with Crippen LogP contribution < -0.4 is 5.32 Å². The summed E-state index contributed by atoms with van der Waals surface area (Å²) in [5.41, 5.74) is 1.52. The average molecular weight is 167 g/mol. The van der Waals surface area contributed by atoms with Crippen molar-refractivity contribution in [1.29, 1.82) is 0 Å². The first-order valence-corrected chi connectivity index (χ1v) is 5.06. The van der Waals surface area contributed by atoms with Gasteiger partial charge in [-0.3, -0.25) is 0 Å². The maximum atomic E-state index is 3.43. The molecule has 1 aromatic heterocycles. The number of hydrogen-bond acceptors (Lipinski definition) is 2. The Morgan fingerprint density at radius 3 is 3.45 bits per heavy atom. The lowest BCUT2D eigenvalue weighted by atomic mass is 9.98. The van der Waals surface area contributed by atoms with Crippen LogP contribution in [0.5, 0.6) is 0 Å². The molecule has 0 aliphatic carbocycles. The van der Waals surface area contributed by atoms with Crippen LogP contribution in [-0.2, 0) is 6.54 Å². The van der Waals surface area contributed by atoms with E-state index in [0.717, 1.165) is 12.5 Å². The topological polar surface area (TPSA) is 12.0 Å². The molecule has 1 aliphatic heterocycles. The van der Waals surface area contributed by atoms with Gasteiger partial charge in [0.25, 0.3) is 0 Å². The molecule has 1 N–H and O–H groups in total. The van der Waals surface area contributed by atoms with Gasteiger partial charge in [-0.1, -0.05) is 6.92 Å². The predicted octanol–water partition coefficient (Wildman–Crippen LogP) is 2.34. The first-order valence-electron chi connectivity index (χ1n) is 4.18. The molecule has 0 bridgehead atoms. The molecule has 0 saturated heterocycles. The fourth-order valence-electron chi connectivity index (χ4n) is 1.66. The van der Waals surface area contributed by atoms with Crippen molar-refractivity contribution in [2.75, 3.05) is 6.54 Å². The van der Waals surface area contributed by atoms with Crippen molar-refractivity contribution in [3.8, 4) is 0 Å². The molecular formula is C9H13NS. The fourth-order valence-corrected chi connectivity index (χ4v) is 2.77. The summed E-state index contributed by atoms with van der Waals surface area (Å²) in [6, 6.07) is 2.24. The lowest BCUT2D eigenvalue weighted by Gasteiger charge is -2.21. The van der Waals surface area contributed by atoms with Gasteiger partial charge in [-0.05, 0) is 23.4 Å². The lowest BCUT2D eigenvalue weighted by Crippen LogP contribution is -2.26. The molecule has 1 nitrogen and oxygen atoms in total. The number of rotatable bonds is 1. The molecule has 0 aromatic carbocycles. The van der Waals surface area contributed by atoms with Gasteiger partial charge in [0.1, 0.15) is 0 Å². The molecule has 0 spiro atoms. The SMILES string of the molecule is CCC1CNCc2ccsc21. The second kappa shape index (κ2) is 2.95. The Bertz CT molecular complexity index is 241. The Morgan fingerprint density at radius 1 is 1.73 bits per heavy atom. The highest BCUT2D eigenvalue weighted by Gasteiger charge is 2.18. The summed E-state index contributed by atoms with van der Waals surface area (Å²) in [5, 5.41) is 5.64. The maximum absolute atomic E-state index is 3.43. The van der Waals surface area contributed by atoms with Crippen LogP contribution in [-0.4, -0.2) is 6.54 Å². The molecule has 2 rings (SSSR count). The third-order valence-electron chi connectivity index (χ3n) is 2.35. The van der Waals surface area contributed by atoms with Crippen LogP contribution >= 0.6 is 11.3 Å². The summed E-state index contributed by atoms with van der Waals surface area (Å²) in [6.07, 6.45) is 1.26. The van der Waals surface area contributed by atoms with E-state index in [0.29, 0.717) is 0 Å². The van der Waals surface area contributed by atoms with E-state index in [1.807, 2.05) is 11.3 Å². The zero-order valence-corrected chi connectivity index (χ0v) is 7.58. The van der Waals surface area contributed by atoms with E-state index in [4.69, 9.17) is 0 Å². The monoisotopic (exact) mass is 167 g/mol. The van der Waals surface area contributed by atoms with Crippen molar-refractivity contribution in [3.05, 3.63) is 21.9 Å². The molecule has 0 amide bonds. The Hall–Kier alpha value is -0.340. The standard InChI is InChI=1S/C9H13NS/c1-2-7-5-10-6-8-3-4-11-9(7)8/h3-4,7,10H,2,5-6H2,1H3. The Kier molecular flexibility index (Phi) is 1.96. The predicted molar refractivity (Wildman–Crippen MR) is 49.1 cm³/mol. The molecule has 2 heteroatoms. The molecule has 2 heterocycles. The molecule has 11 heavy (non-hydrogen) atoms. The first-order chi connectivity index (χ1) is 5.42. The van der Waals surface area contributed by atoms with E-state index in [2.05, 4.69) is 23.7 Å². The molecule has 0 saturated carbocycles. The van der Waals surface area contributed by atoms with E-state index < -0.39 is 0 Å². The zero-order chi connectivity index (χ0) is 7.68. The number of nitrogens with one attached hydrogen (secondary N) is 1. The van der Waals surface area contributed by atoms with Crippen LogP contribution in [0.15, 0.2) is 11.4 Å². The number of hydrogen-bond donors (Lipinski definition) is 1. The van der Waals surface area contributed by atoms with Gasteiger partial charge in [0.05, 0.1) is 0 Å². The van der Waals surface area contributed by atoms with Crippen LogP contribution in [0.2, 0.25) is 0 Å². The van der Waals surface area contributed by atoms with Gasteiger partial charge in [-0.25, -0.2) is 0 Å². The number of fused-ring (bicyclic) bond motifs is 1. The highest BCUT2D eigenvalue weighted by Crippen LogP contribution is 2.30. The summed E-state index contributed by atoms with van der Waals surface area (Å²) >= 11 is 1.92. The Morgan fingerprint density at radius 2 is 2.64 bits per heavy atom. The van der Waals surface area contributed by atoms with Crippen LogP contribution in [0.3, 0.4) is 0 Å². The lowest BCUT2D eigenvalue weighted by molar-refractivity contribution is 0.540. The van der Waals surface area contributed by atoms with Crippen molar-refractivity contribution in [1.82, 2.24) is 5.32 Å². The minimum atomic E-state index is 0.777. The minimum Gasteiger partial charge on any atom is -0.312 e. The second-order valence-electron chi connectivity index (χ2n) is 3.05. The van der Waals surface area contributed by atoms with Crippen LogP contribution in [0.4, 0.5) is 0 Å². The van der Waals surface area contributed by atoms with Crippen LogP contribution in [0, 0.1) is 0 Å². The third kappa shape index (κ3) is 1.21. The van der Waals surface area contributed by atoms with Crippen molar-refractivity contribution in [2.24, 2.45) is 0 Å².